The van der Waals surface area contributed by atoms with Crippen molar-refractivity contribution >= 4 is 25.3 Å². The van der Waals surface area contributed by atoms with Crippen molar-refractivity contribution in [2.45, 2.75) is 10.9 Å². The van der Waals surface area contributed by atoms with Crippen LogP contribution in [0.2, 0.25) is 0 Å². The molecule has 38 valence electrons. The van der Waals surface area contributed by atoms with E-state index in [1.165, 1.54) is 0 Å². The van der Waals surface area contributed by atoms with Gasteiger partial charge < -0.3 is 10.2 Å². The van der Waals surface area contributed by atoms with Gasteiger partial charge in [-0.2, -0.15) is 0 Å². The summed E-state index contributed by atoms with van der Waals surface area (Å²) in [7, 11) is 0. The van der Waals surface area contributed by atoms with Gasteiger partial charge in [0.15, 0.2) is 0 Å². The van der Waals surface area contributed by atoms with E-state index in [9.17, 15) is 0 Å². The van der Waals surface area contributed by atoms with Gasteiger partial charge in [-0.25, -0.2) is 0 Å². The van der Waals surface area contributed by atoms with Crippen LogP contribution < -0.4 is 0 Å². The summed E-state index contributed by atoms with van der Waals surface area (Å²) in [4.78, 5) is 0. The van der Waals surface area contributed by atoms with E-state index in [1.54, 1.807) is 0 Å². The third-order valence-electron chi connectivity index (χ3n) is 0.267. The fourth-order valence-corrected chi connectivity index (χ4v) is 0. The van der Waals surface area contributed by atoms with Crippen LogP contribution in [0.15, 0.2) is 0 Å². The van der Waals surface area contributed by atoms with E-state index in [0.717, 1.165) is 0 Å². The lowest BCUT2D eigenvalue weighted by atomic mass is 10.8. The van der Waals surface area contributed by atoms with E-state index < -0.39 is 10.9 Å². The Balaban J connectivity index is 2.99. The Morgan fingerprint density at radius 1 is 1.00 bits per heavy atom. The van der Waals surface area contributed by atoms with Gasteiger partial charge in [-0.1, -0.05) is 0 Å². The molecule has 0 aromatic heterocycles. The maximum absolute atomic E-state index is 8.17. The highest BCUT2D eigenvalue weighted by atomic mass is 32.1. The second-order valence-electron chi connectivity index (χ2n) is 0.827. The standard InChI is InChI=1S/C2H6O2S2/c3-1(5)2(4)6/h1-6H/t1-,2-/m1/s1. The summed E-state index contributed by atoms with van der Waals surface area (Å²) in [5, 5.41) is 16.3. The molecule has 0 rings (SSSR count). The molecule has 0 bridgehead atoms. The number of rotatable bonds is 1. The summed E-state index contributed by atoms with van der Waals surface area (Å²) in [5.41, 5.74) is -2.07. The number of thiol groups is 2. The highest BCUT2D eigenvalue weighted by Gasteiger charge is 2.02. The SMILES string of the molecule is O[C@H](S)[C@H](O)S. The van der Waals surface area contributed by atoms with E-state index in [2.05, 4.69) is 25.3 Å². The third-order valence-corrected chi connectivity index (χ3v) is 1.07. The Morgan fingerprint density at radius 3 is 1.17 bits per heavy atom. The van der Waals surface area contributed by atoms with Crippen LogP contribution in [-0.4, -0.2) is 21.1 Å². The smallest absolute Gasteiger partial charge is 0.132 e. The molecule has 2 nitrogen and oxygen atoms in total. The minimum Gasteiger partial charge on any atom is -0.379 e. The van der Waals surface area contributed by atoms with E-state index in [0.29, 0.717) is 0 Å². The van der Waals surface area contributed by atoms with E-state index in [-0.39, 0.29) is 0 Å². The van der Waals surface area contributed by atoms with Crippen molar-refractivity contribution in [1.82, 2.24) is 0 Å². The van der Waals surface area contributed by atoms with Gasteiger partial charge in [0.05, 0.1) is 0 Å². The van der Waals surface area contributed by atoms with Crippen LogP contribution in [0.25, 0.3) is 0 Å². The van der Waals surface area contributed by atoms with Gasteiger partial charge in [0.2, 0.25) is 0 Å². The molecular formula is C2H6O2S2. The monoisotopic (exact) mass is 126 g/mol. The van der Waals surface area contributed by atoms with Crippen molar-refractivity contribution in [3.8, 4) is 0 Å². The average Bonchev–Trinajstić information content (AvgIpc) is 1.36. The molecular weight excluding hydrogens is 120 g/mol. The Kier molecular flexibility index (Phi) is 3.02. The van der Waals surface area contributed by atoms with Crippen LogP contribution in [0.4, 0.5) is 0 Å². The van der Waals surface area contributed by atoms with Crippen LogP contribution in [0.5, 0.6) is 0 Å². The summed E-state index contributed by atoms with van der Waals surface area (Å²) < 4.78 is 0. The van der Waals surface area contributed by atoms with Crippen LogP contribution in [-0.2, 0) is 0 Å². The average molecular weight is 126 g/mol. The summed E-state index contributed by atoms with van der Waals surface area (Å²) in [6, 6.07) is 0. The van der Waals surface area contributed by atoms with Crippen molar-refractivity contribution in [3.63, 3.8) is 0 Å². The maximum Gasteiger partial charge on any atom is 0.132 e. The summed E-state index contributed by atoms with van der Waals surface area (Å²) in [6.07, 6.45) is 0. The van der Waals surface area contributed by atoms with Crippen LogP contribution >= 0.6 is 25.3 Å². The molecule has 0 aromatic rings. The van der Waals surface area contributed by atoms with Gasteiger partial charge in [0.1, 0.15) is 10.9 Å². The first kappa shape index (κ1) is 6.62. The topological polar surface area (TPSA) is 40.5 Å². The molecule has 0 radical (unpaired) electrons. The number of aliphatic hydroxyl groups excluding tert-OH is 2. The number of hydrogen-bond acceptors (Lipinski definition) is 4. The molecule has 2 N–H and O–H groups in total. The van der Waals surface area contributed by atoms with Gasteiger partial charge in [-0.3, -0.25) is 0 Å². The van der Waals surface area contributed by atoms with E-state index in [4.69, 9.17) is 10.2 Å². The normalized spacial score (nSPS) is 20.0. The zero-order valence-corrected chi connectivity index (χ0v) is 4.73. The molecule has 0 spiro atoms. The maximum atomic E-state index is 8.17. The predicted molar refractivity (Wildman–Crippen MR) is 30.0 cm³/mol. The summed E-state index contributed by atoms with van der Waals surface area (Å²) >= 11 is 6.84. The van der Waals surface area contributed by atoms with Gasteiger partial charge in [-0.15, -0.1) is 25.3 Å². The quantitative estimate of drug-likeness (QED) is 0.282. The van der Waals surface area contributed by atoms with Crippen molar-refractivity contribution in [2.24, 2.45) is 0 Å². The van der Waals surface area contributed by atoms with Crippen LogP contribution in [0.1, 0.15) is 0 Å². The van der Waals surface area contributed by atoms with E-state index >= 15 is 0 Å². The molecule has 0 saturated heterocycles. The fraction of sp³-hybridized carbons (Fsp3) is 1.00. The number of hydrogen-bond donors (Lipinski definition) is 4. The summed E-state index contributed by atoms with van der Waals surface area (Å²) in [5.74, 6) is 0. The summed E-state index contributed by atoms with van der Waals surface area (Å²) in [6.45, 7) is 0. The van der Waals surface area contributed by atoms with Crippen molar-refractivity contribution in [3.05, 3.63) is 0 Å². The highest BCUT2D eigenvalue weighted by Crippen LogP contribution is 1.99. The third kappa shape index (κ3) is 2.84. The van der Waals surface area contributed by atoms with Crippen molar-refractivity contribution < 1.29 is 10.2 Å². The largest absolute Gasteiger partial charge is 0.379 e. The minimum atomic E-state index is -1.03. The van der Waals surface area contributed by atoms with Gasteiger partial charge in [0, 0.05) is 0 Å². The van der Waals surface area contributed by atoms with Crippen LogP contribution in [0.3, 0.4) is 0 Å². The second kappa shape index (κ2) is 2.74. The lowest BCUT2D eigenvalue weighted by molar-refractivity contribution is 0.139. The lowest BCUT2D eigenvalue weighted by Crippen LogP contribution is -2.11. The van der Waals surface area contributed by atoms with Crippen molar-refractivity contribution in [2.75, 3.05) is 0 Å². The van der Waals surface area contributed by atoms with Crippen molar-refractivity contribution in [1.29, 1.82) is 0 Å². The molecule has 0 amide bonds. The Hall–Kier alpha value is 0.620. The second-order valence-corrected chi connectivity index (χ2v) is 1.89. The molecule has 0 saturated carbocycles. The number of aliphatic hydroxyl groups is 2. The highest BCUT2D eigenvalue weighted by molar-refractivity contribution is 7.84. The molecule has 0 aliphatic heterocycles. The molecule has 4 heteroatoms. The Labute approximate surface area is 47.0 Å². The Bertz CT molecular complexity index is 30.5. The zero-order chi connectivity index (χ0) is 5.15. The van der Waals surface area contributed by atoms with Gasteiger partial charge >= 0.3 is 0 Å². The predicted octanol–water partition coefficient (Wildman–Crippen LogP) is -0.517. The first-order chi connectivity index (χ1) is 2.64. The van der Waals surface area contributed by atoms with Gasteiger partial charge in [0.25, 0.3) is 0 Å². The van der Waals surface area contributed by atoms with E-state index in [1.807, 2.05) is 0 Å². The lowest BCUT2D eigenvalue weighted by Gasteiger charge is -2.01. The molecule has 0 heterocycles. The fourth-order valence-electron chi connectivity index (χ4n) is 0. The molecule has 0 aromatic carbocycles. The minimum absolute atomic E-state index is 1.03. The Morgan fingerprint density at radius 2 is 1.17 bits per heavy atom. The molecule has 0 aliphatic carbocycles. The molecule has 0 aliphatic rings. The zero-order valence-electron chi connectivity index (χ0n) is 2.94. The van der Waals surface area contributed by atoms with Crippen LogP contribution in [0, 0.1) is 0 Å². The van der Waals surface area contributed by atoms with Gasteiger partial charge in [-0.05, 0) is 0 Å². The first-order valence-electron chi connectivity index (χ1n) is 1.37. The molecule has 0 fully saturated rings. The molecule has 6 heavy (non-hydrogen) atoms. The molecule has 2 atom stereocenters. The molecule has 0 unspecified atom stereocenters. The first-order valence-corrected chi connectivity index (χ1v) is 2.40.